The van der Waals surface area contributed by atoms with Gasteiger partial charge < -0.3 is 14.7 Å². The van der Waals surface area contributed by atoms with Crippen LogP contribution in [0.1, 0.15) is 37.7 Å². The molecule has 2 aromatic heterocycles. The minimum absolute atomic E-state index is 0.202. The number of ether oxygens (including phenoxy) is 1. The molecule has 29 heavy (non-hydrogen) atoms. The summed E-state index contributed by atoms with van der Waals surface area (Å²) < 4.78 is 38.6. The van der Waals surface area contributed by atoms with E-state index in [2.05, 4.69) is 15.1 Å². The van der Waals surface area contributed by atoms with Crippen LogP contribution < -0.4 is 4.74 Å². The van der Waals surface area contributed by atoms with Gasteiger partial charge in [0.05, 0.1) is 0 Å². The molecule has 6 nitrogen and oxygen atoms in total. The molecular weight excluding hydrogens is 378 g/mol. The lowest BCUT2D eigenvalue weighted by atomic mass is 9.76. The van der Waals surface area contributed by atoms with Gasteiger partial charge in [-0.2, -0.15) is 4.98 Å². The van der Waals surface area contributed by atoms with Crippen LogP contribution >= 0.6 is 0 Å². The van der Waals surface area contributed by atoms with Crippen molar-refractivity contribution in [3.63, 3.8) is 0 Å². The highest BCUT2D eigenvalue weighted by atomic mass is 19.3. The number of aromatic nitrogens is 3. The first kappa shape index (κ1) is 17.9. The van der Waals surface area contributed by atoms with Crippen LogP contribution in [0.5, 0.6) is 5.75 Å². The Morgan fingerprint density at radius 3 is 2.62 bits per heavy atom. The number of hydrogen-bond acceptors (Lipinski definition) is 6. The second-order valence-corrected chi connectivity index (χ2v) is 7.67. The van der Waals surface area contributed by atoms with Crippen LogP contribution in [0.2, 0.25) is 0 Å². The number of pyridine rings is 1. The fourth-order valence-electron chi connectivity index (χ4n) is 3.98. The lowest BCUT2D eigenvalue weighted by molar-refractivity contribution is -0.0919. The molecule has 1 aliphatic carbocycles. The van der Waals surface area contributed by atoms with Crippen LogP contribution in [-0.4, -0.2) is 32.4 Å². The highest BCUT2D eigenvalue weighted by Gasteiger charge is 2.47. The Morgan fingerprint density at radius 2 is 1.86 bits per heavy atom. The molecule has 148 valence electrons. The lowest BCUT2D eigenvalue weighted by Crippen LogP contribution is -2.47. The normalized spacial score (nSPS) is 19.6. The maximum absolute atomic E-state index is 13.6. The third-order valence-electron chi connectivity index (χ3n) is 5.62. The summed E-state index contributed by atoms with van der Waals surface area (Å²) in [5.74, 6) is -1.33. The summed E-state index contributed by atoms with van der Waals surface area (Å²) in [5.41, 5.74) is 1.72. The van der Waals surface area contributed by atoms with Gasteiger partial charge in [0.15, 0.2) is 0 Å². The summed E-state index contributed by atoms with van der Waals surface area (Å²) in [7, 11) is 0. The van der Waals surface area contributed by atoms with Gasteiger partial charge in [0.1, 0.15) is 11.4 Å². The molecule has 3 aromatic rings. The summed E-state index contributed by atoms with van der Waals surface area (Å²) in [6, 6.07) is 8.94. The third kappa shape index (κ3) is 3.28. The standard InChI is InChI=1S/C21H18F2N4O2/c22-21(23)7-5-20(6-8-21)11-16(24)15-10-13(3-4-17(15)28-20)19-26-18(27-29-19)14-2-1-9-25-12-14/h1-4,9-10,12,24H,5-8,11H2. The minimum Gasteiger partial charge on any atom is -0.486 e. The fraction of sp³-hybridized carbons (Fsp3) is 0.333. The Labute approximate surface area is 165 Å². The van der Waals surface area contributed by atoms with Crippen molar-refractivity contribution in [1.82, 2.24) is 15.1 Å². The smallest absolute Gasteiger partial charge is 0.258 e. The van der Waals surface area contributed by atoms with E-state index in [1.165, 1.54) is 0 Å². The Hall–Kier alpha value is -3.16. The Kier molecular flexibility index (Phi) is 3.97. The van der Waals surface area contributed by atoms with E-state index in [0.29, 0.717) is 40.7 Å². The molecule has 0 saturated heterocycles. The van der Waals surface area contributed by atoms with E-state index < -0.39 is 11.5 Å². The van der Waals surface area contributed by atoms with Crippen molar-refractivity contribution in [2.45, 2.75) is 43.6 Å². The Morgan fingerprint density at radius 1 is 1.03 bits per heavy atom. The Bertz CT molecular complexity index is 1070. The maximum atomic E-state index is 13.6. The number of nitrogens with zero attached hydrogens (tertiary/aromatic N) is 3. The van der Waals surface area contributed by atoms with E-state index in [1.807, 2.05) is 6.07 Å². The van der Waals surface area contributed by atoms with Crippen LogP contribution in [0.15, 0.2) is 47.2 Å². The second kappa shape index (κ2) is 6.43. The largest absolute Gasteiger partial charge is 0.486 e. The molecular formula is C21H18F2N4O2. The van der Waals surface area contributed by atoms with E-state index in [9.17, 15) is 8.78 Å². The summed E-state index contributed by atoms with van der Waals surface area (Å²) in [6.45, 7) is 0. The lowest BCUT2D eigenvalue weighted by Gasteiger charge is -2.43. The van der Waals surface area contributed by atoms with Crippen LogP contribution in [0.3, 0.4) is 0 Å². The van der Waals surface area contributed by atoms with E-state index >= 15 is 0 Å². The number of alkyl halides is 2. The van der Waals surface area contributed by atoms with Crippen molar-refractivity contribution in [1.29, 1.82) is 5.41 Å². The first-order valence-electron chi connectivity index (χ1n) is 9.46. The first-order chi connectivity index (χ1) is 13.9. The monoisotopic (exact) mass is 396 g/mol. The van der Waals surface area contributed by atoms with Gasteiger partial charge in [0.25, 0.3) is 5.89 Å². The molecule has 0 amide bonds. The molecule has 5 rings (SSSR count). The molecule has 1 saturated carbocycles. The average molecular weight is 396 g/mol. The molecule has 1 N–H and O–H groups in total. The van der Waals surface area contributed by atoms with Gasteiger partial charge in [-0.3, -0.25) is 4.98 Å². The summed E-state index contributed by atoms with van der Waals surface area (Å²) in [6.07, 6.45) is 3.74. The predicted molar refractivity (Wildman–Crippen MR) is 101 cm³/mol. The van der Waals surface area contributed by atoms with Crippen molar-refractivity contribution >= 4 is 5.71 Å². The van der Waals surface area contributed by atoms with Crippen LogP contribution in [0, 0.1) is 5.41 Å². The van der Waals surface area contributed by atoms with Gasteiger partial charge in [-0.25, -0.2) is 8.78 Å². The van der Waals surface area contributed by atoms with Gasteiger partial charge in [-0.15, -0.1) is 0 Å². The summed E-state index contributed by atoms with van der Waals surface area (Å²) in [4.78, 5) is 8.46. The zero-order chi connectivity index (χ0) is 20.1. The van der Waals surface area contributed by atoms with Gasteiger partial charge in [0, 0.05) is 54.1 Å². The SMILES string of the molecule is N=C1CC2(CCC(F)(F)CC2)Oc2ccc(-c3nc(-c4cccnc4)no3)cc21. The van der Waals surface area contributed by atoms with Crippen LogP contribution in [0.4, 0.5) is 8.78 Å². The van der Waals surface area contributed by atoms with Crippen molar-refractivity contribution in [3.8, 4) is 28.6 Å². The first-order valence-corrected chi connectivity index (χ1v) is 9.46. The van der Waals surface area contributed by atoms with E-state index in [4.69, 9.17) is 14.7 Å². The third-order valence-corrected chi connectivity index (χ3v) is 5.62. The minimum atomic E-state index is -2.63. The highest BCUT2D eigenvalue weighted by molar-refractivity contribution is 6.03. The van der Waals surface area contributed by atoms with Gasteiger partial charge in [-0.05, 0) is 43.2 Å². The van der Waals surface area contributed by atoms with Gasteiger partial charge in [0.2, 0.25) is 11.7 Å². The summed E-state index contributed by atoms with van der Waals surface area (Å²) in [5, 5.41) is 12.5. The van der Waals surface area contributed by atoms with Crippen molar-refractivity contribution in [2.24, 2.45) is 0 Å². The zero-order valence-corrected chi connectivity index (χ0v) is 15.5. The van der Waals surface area contributed by atoms with E-state index in [0.717, 1.165) is 5.56 Å². The molecule has 1 spiro atoms. The number of rotatable bonds is 2. The number of benzene rings is 1. The number of fused-ring (bicyclic) bond motifs is 1. The van der Waals surface area contributed by atoms with Crippen LogP contribution in [-0.2, 0) is 0 Å². The number of halogens is 2. The topological polar surface area (TPSA) is 84.9 Å². The zero-order valence-electron chi connectivity index (χ0n) is 15.5. The fourth-order valence-corrected chi connectivity index (χ4v) is 3.98. The molecule has 1 aliphatic heterocycles. The molecule has 0 bridgehead atoms. The molecule has 2 aliphatic rings. The number of hydrogen-bond donors (Lipinski definition) is 1. The van der Waals surface area contributed by atoms with Crippen molar-refractivity contribution in [3.05, 3.63) is 48.3 Å². The molecule has 1 fully saturated rings. The maximum Gasteiger partial charge on any atom is 0.258 e. The molecule has 0 atom stereocenters. The molecule has 1 aromatic carbocycles. The second-order valence-electron chi connectivity index (χ2n) is 7.67. The molecule has 0 unspecified atom stereocenters. The van der Waals surface area contributed by atoms with E-state index in [-0.39, 0.29) is 25.7 Å². The molecule has 0 radical (unpaired) electrons. The van der Waals surface area contributed by atoms with Crippen molar-refractivity contribution in [2.75, 3.05) is 0 Å². The van der Waals surface area contributed by atoms with Crippen LogP contribution in [0.25, 0.3) is 22.8 Å². The van der Waals surface area contributed by atoms with Gasteiger partial charge in [-0.1, -0.05) is 5.16 Å². The summed E-state index contributed by atoms with van der Waals surface area (Å²) >= 11 is 0. The van der Waals surface area contributed by atoms with Crippen molar-refractivity contribution < 1.29 is 18.0 Å². The number of nitrogens with one attached hydrogen (secondary N) is 1. The molecule has 3 heterocycles. The average Bonchev–Trinajstić information content (AvgIpc) is 3.22. The molecule has 8 heteroatoms. The predicted octanol–water partition coefficient (Wildman–Crippen LogP) is 4.90. The van der Waals surface area contributed by atoms with Gasteiger partial charge >= 0.3 is 0 Å². The quantitative estimate of drug-likeness (QED) is 0.666. The van der Waals surface area contributed by atoms with E-state index in [1.54, 1.807) is 36.7 Å². The Balaban J connectivity index is 1.42. The highest BCUT2D eigenvalue weighted by Crippen LogP contribution is 2.46.